The Kier molecular flexibility index (Phi) is 2.21. The van der Waals surface area contributed by atoms with E-state index in [4.69, 9.17) is 17.3 Å². The van der Waals surface area contributed by atoms with Gasteiger partial charge in [-0.15, -0.1) is 11.6 Å². The standard InChI is InChI=1S/C9H7ClFN3/c10-4-8-13-7-2-1-5(11)3-6(7)9(12)14-8/h1-3H,4H2,(H2,12,13,14). The molecule has 0 unspecified atom stereocenters. The molecule has 14 heavy (non-hydrogen) atoms. The highest BCUT2D eigenvalue weighted by molar-refractivity contribution is 6.16. The second-order valence-corrected chi connectivity index (χ2v) is 3.09. The fourth-order valence-corrected chi connectivity index (χ4v) is 1.35. The van der Waals surface area contributed by atoms with Crippen LogP contribution < -0.4 is 5.73 Å². The molecule has 1 aromatic carbocycles. The van der Waals surface area contributed by atoms with Crippen molar-refractivity contribution in [2.45, 2.75) is 5.88 Å². The molecule has 0 radical (unpaired) electrons. The number of hydrogen-bond donors (Lipinski definition) is 1. The molecular formula is C9H7ClFN3. The Balaban J connectivity index is 2.76. The highest BCUT2D eigenvalue weighted by atomic mass is 35.5. The second kappa shape index (κ2) is 3.38. The van der Waals surface area contributed by atoms with Crippen LogP contribution in [0.15, 0.2) is 18.2 Å². The minimum atomic E-state index is -0.355. The molecule has 0 fully saturated rings. The normalized spacial score (nSPS) is 10.7. The Morgan fingerprint density at radius 1 is 1.36 bits per heavy atom. The summed E-state index contributed by atoms with van der Waals surface area (Å²) in [5.74, 6) is 0.539. The number of halogens is 2. The van der Waals surface area contributed by atoms with E-state index in [-0.39, 0.29) is 17.5 Å². The van der Waals surface area contributed by atoms with Gasteiger partial charge in [0.05, 0.1) is 11.4 Å². The number of benzene rings is 1. The molecule has 0 amide bonds. The zero-order valence-electron chi connectivity index (χ0n) is 7.17. The van der Waals surface area contributed by atoms with E-state index in [1.54, 1.807) is 6.07 Å². The lowest BCUT2D eigenvalue weighted by molar-refractivity contribution is 0.629. The average Bonchev–Trinajstić information content (AvgIpc) is 2.19. The zero-order valence-corrected chi connectivity index (χ0v) is 7.92. The third-order valence-corrected chi connectivity index (χ3v) is 2.09. The van der Waals surface area contributed by atoms with Crippen molar-refractivity contribution < 1.29 is 4.39 Å². The third-order valence-electron chi connectivity index (χ3n) is 1.85. The van der Waals surface area contributed by atoms with Gasteiger partial charge in [0.15, 0.2) is 0 Å². The number of fused-ring (bicyclic) bond motifs is 1. The topological polar surface area (TPSA) is 51.8 Å². The van der Waals surface area contributed by atoms with E-state index in [2.05, 4.69) is 9.97 Å². The van der Waals surface area contributed by atoms with E-state index in [1.807, 2.05) is 0 Å². The number of aromatic nitrogens is 2. The van der Waals surface area contributed by atoms with Crippen molar-refractivity contribution in [1.82, 2.24) is 9.97 Å². The molecule has 1 aromatic heterocycles. The van der Waals surface area contributed by atoms with Gasteiger partial charge in [0.25, 0.3) is 0 Å². The number of anilines is 1. The van der Waals surface area contributed by atoms with E-state index in [9.17, 15) is 4.39 Å². The van der Waals surface area contributed by atoms with Crippen molar-refractivity contribution in [1.29, 1.82) is 0 Å². The van der Waals surface area contributed by atoms with Crippen molar-refractivity contribution in [2.24, 2.45) is 0 Å². The minimum Gasteiger partial charge on any atom is -0.383 e. The van der Waals surface area contributed by atoms with Crippen LogP contribution in [0.3, 0.4) is 0 Å². The van der Waals surface area contributed by atoms with Gasteiger partial charge in [0, 0.05) is 5.39 Å². The molecule has 0 aliphatic carbocycles. The number of hydrogen-bond acceptors (Lipinski definition) is 3. The number of nitrogens with two attached hydrogens (primary N) is 1. The Labute approximate surface area is 84.7 Å². The summed E-state index contributed by atoms with van der Waals surface area (Å²) in [6.45, 7) is 0. The summed E-state index contributed by atoms with van der Waals surface area (Å²) in [6, 6.07) is 4.19. The lowest BCUT2D eigenvalue weighted by Crippen LogP contribution is -1.99. The Morgan fingerprint density at radius 2 is 2.14 bits per heavy atom. The van der Waals surface area contributed by atoms with Crippen molar-refractivity contribution >= 4 is 28.3 Å². The van der Waals surface area contributed by atoms with Gasteiger partial charge < -0.3 is 5.73 Å². The predicted molar refractivity (Wildman–Crippen MR) is 53.5 cm³/mol. The summed E-state index contributed by atoms with van der Waals surface area (Å²) < 4.78 is 12.9. The molecule has 0 saturated carbocycles. The van der Waals surface area contributed by atoms with Gasteiger partial charge in [-0.3, -0.25) is 0 Å². The van der Waals surface area contributed by atoms with E-state index < -0.39 is 0 Å². The molecule has 72 valence electrons. The van der Waals surface area contributed by atoms with Crippen LogP contribution in [0.1, 0.15) is 5.82 Å². The first kappa shape index (κ1) is 9.15. The lowest BCUT2D eigenvalue weighted by atomic mass is 10.2. The molecule has 2 aromatic rings. The Hall–Kier alpha value is -1.42. The van der Waals surface area contributed by atoms with Gasteiger partial charge in [0.2, 0.25) is 0 Å². The SMILES string of the molecule is Nc1nc(CCl)nc2ccc(F)cc12. The average molecular weight is 212 g/mol. The van der Waals surface area contributed by atoms with Crippen molar-refractivity contribution in [3.8, 4) is 0 Å². The van der Waals surface area contributed by atoms with Crippen LogP contribution in [-0.2, 0) is 5.88 Å². The molecule has 5 heteroatoms. The highest BCUT2D eigenvalue weighted by Crippen LogP contribution is 2.19. The van der Waals surface area contributed by atoms with Crippen LogP contribution in [0, 0.1) is 5.82 Å². The molecular weight excluding hydrogens is 205 g/mol. The summed E-state index contributed by atoms with van der Waals surface area (Å²) >= 11 is 5.58. The molecule has 0 spiro atoms. The van der Waals surface area contributed by atoms with Crippen LogP contribution in [0.5, 0.6) is 0 Å². The van der Waals surface area contributed by atoms with Crippen LogP contribution in [0.4, 0.5) is 10.2 Å². The van der Waals surface area contributed by atoms with Crippen LogP contribution in [0.25, 0.3) is 10.9 Å². The first-order valence-electron chi connectivity index (χ1n) is 3.98. The van der Waals surface area contributed by atoms with E-state index in [0.29, 0.717) is 16.7 Å². The summed E-state index contributed by atoms with van der Waals surface area (Å²) in [5, 5.41) is 0.513. The Bertz CT molecular complexity index is 487. The molecule has 0 saturated heterocycles. The molecule has 2 N–H and O–H groups in total. The highest BCUT2D eigenvalue weighted by Gasteiger charge is 2.04. The number of alkyl halides is 1. The molecule has 0 bridgehead atoms. The fraction of sp³-hybridized carbons (Fsp3) is 0.111. The van der Waals surface area contributed by atoms with E-state index >= 15 is 0 Å². The van der Waals surface area contributed by atoms with Gasteiger partial charge in [-0.2, -0.15) is 0 Å². The Morgan fingerprint density at radius 3 is 2.86 bits per heavy atom. The largest absolute Gasteiger partial charge is 0.383 e. The van der Waals surface area contributed by atoms with E-state index in [0.717, 1.165) is 0 Å². The number of nitrogen functional groups attached to an aromatic ring is 1. The first-order chi connectivity index (χ1) is 6.70. The smallest absolute Gasteiger partial charge is 0.146 e. The van der Waals surface area contributed by atoms with Crippen molar-refractivity contribution in [3.05, 3.63) is 29.8 Å². The number of rotatable bonds is 1. The second-order valence-electron chi connectivity index (χ2n) is 2.82. The summed E-state index contributed by atoms with van der Waals surface area (Å²) in [7, 11) is 0. The van der Waals surface area contributed by atoms with Gasteiger partial charge in [-0.25, -0.2) is 14.4 Å². The van der Waals surface area contributed by atoms with Gasteiger partial charge in [-0.1, -0.05) is 0 Å². The summed E-state index contributed by atoms with van der Waals surface area (Å²) in [5.41, 5.74) is 6.23. The fourth-order valence-electron chi connectivity index (χ4n) is 1.23. The minimum absolute atomic E-state index is 0.192. The summed E-state index contributed by atoms with van der Waals surface area (Å²) in [6.07, 6.45) is 0. The molecule has 0 aliphatic heterocycles. The maximum Gasteiger partial charge on any atom is 0.146 e. The van der Waals surface area contributed by atoms with E-state index in [1.165, 1.54) is 12.1 Å². The molecule has 0 aliphatic rings. The summed E-state index contributed by atoms with van der Waals surface area (Å²) in [4.78, 5) is 8.03. The maximum absolute atomic E-state index is 12.9. The first-order valence-corrected chi connectivity index (χ1v) is 4.52. The van der Waals surface area contributed by atoms with Crippen LogP contribution in [-0.4, -0.2) is 9.97 Å². The van der Waals surface area contributed by atoms with Crippen LogP contribution >= 0.6 is 11.6 Å². The van der Waals surface area contributed by atoms with Crippen LogP contribution in [0.2, 0.25) is 0 Å². The predicted octanol–water partition coefficient (Wildman–Crippen LogP) is 2.09. The molecule has 3 nitrogen and oxygen atoms in total. The quantitative estimate of drug-likeness (QED) is 0.735. The monoisotopic (exact) mass is 211 g/mol. The molecule has 0 atom stereocenters. The zero-order chi connectivity index (χ0) is 10.1. The maximum atomic E-state index is 12.9. The van der Waals surface area contributed by atoms with Crippen molar-refractivity contribution in [2.75, 3.05) is 5.73 Å². The van der Waals surface area contributed by atoms with Gasteiger partial charge in [0.1, 0.15) is 17.5 Å². The molecule has 1 heterocycles. The number of nitrogens with zero attached hydrogens (tertiary/aromatic N) is 2. The molecule has 2 rings (SSSR count). The van der Waals surface area contributed by atoms with Gasteiger partial charge in [-0.05, 0) is 18.2 Å². The van der Waals surface area contributed by atoms with Crippen molar-refractivity contribution in [3.63, 3.8) is 0 Å². The lowest BCUT2D eigenvalue weighted by Gasteiger charge is -2.02. The third kappa shape index (κ3) is 1.48. The van der Waals surface area contributed by atoms with Gasteiger partial charge >= 0.3 is 0 Å².